The molecular formula is C12H17ClFN. The summed E-state index contributed by atoms with van der Waals surface area (Å²) in [4.78, 5) is 0. The fraction of sp³-hybridized carbons (Fsp3) is 0.500. The van der Waals surface area contributed by atoms with Crippen molar-refractivity contribution in [1.29, 1.82) is 0 Å². The number of benzene rings is 1. The number of halogens is 2. The monoisotopic (exact) mass is 229 g/mol. The third-order valence-electron chi connectivity index (χ3n) is 2.42. The highest BCUT2D eigenvalue weighted by molar-refractivity contribution is 6.30. The average Bonchev–Trinajstić information content (AvgIpc) is 2.22. The van der Waals surface area contributed by atoms with Gasteiger partial charge < -0.3 is 5.32 Å². The lowest BCUT2D eigenvalue weighted by molar-refractivity contribution is 0.552. The molecule has 1 N–H and O–H groups in total. The van der Waals surface area contributed by atoms with Gasteiger partial charge in [0.05, 0.1) is 5.02 Å². The van der Waals surface area contributed by atoms with Crippen LogP contribution in [0.3, 0.4) is 0 Å². The lowest BCUT2D eigenvalue weighted by Crippen LogP contribution is -2.19. The van der Waals surface area contributed by atoms with Gasteiger partial charge in [-0.15, -0.1) is 0 Å². The topological polar surface area (TPSA) is 12.0 Å². The van der Waals surface area contributed by atoms with E-state index >= 15 is 0 Å². The molecule has 1 atom stereocenters. The molecule has 0 aliphatic heterocycles. The Morgan fingerprint density at radius 3 is 2.80 bits per heavy atom. The normalized spacial score (nSPS) is 12.8. The van der Waals surface area contributed by atoms with Crippen molar-refractivity contribution < 1.29 is 4.39 Å². The van der Waals surface area contributed by atoms with Gasteiger partial charge in [-0.1, -0.05) is 31.0 Å². The van der Waals surface area contributed by atoms with Gasteiger partial charge in [-0.25, -0.2) is 4.39 Å². The zero-order valence-corrected chi connectivity index (χ0v) is 9.94. The van der Waals surface area contributed by atoms with Crippen molar-refractivity contribution in [2.24, 2.45) is 0 Å². The molecule has 1 rings (SSSR count). The fourth-order valence-electron chi connectivity index (χ4n) is 1.39. The lowest BCUT2D eigenvalue weighted by atomic mass is 10.1. The van der Waals surface area contributed by atoms with Crippen molar-refractivity contribution in [3.63, 3.8) is 0 Å². The summed E-state index contributed by atoms with van der Waals surface area (Å²) in [6.07, 6.45) is 2.32. The second-order valence-corrected chi connectivity index (χ2v) is 4.11. The van der Waals surface area contributed by atoms with Crippen LogP contribution in [-0.2, 0) is 0 Å². The molecule has 0 aliphatic rings. The first-order valence-electron chi connectivity index (χ1n) is 5.33. The molecule has 1 aromatic carbocycles. The van der Waals surface area contributed by atoms with Crippen LogP contribution in [0.2, 0.25) is 5.02 Å². The average molecular weight is 230 g/mol. The van der Waals surface area contributed by atoms with E-state index in [1.165, 1.54) is 12.5 Å². The Kier molecular flexibility index (Phi) is 5.06. The van der Waals surface area contributed by atoms with E-state index in [1.54, 1.807) is 12.1 Å². The molecule has 0 heterocycles. The molecule has 0 amide bonds. The molecule has 1 nitrogen and oxygen atoms in total. The quantitative estimate of drug-likeness (QED) is 0.755. The molecule has 0 saturated carbocycles. The second kappa shape index (κ2) is 6.09. The SMILES string of the molecule is CCCCN[C@@H](C)c1ccc(F)c(Cl)c1. The van der Waals surface area contributed by atoms with Crippen molar-refractivity contribution >= 4 is 11.6 Å². The zero-order chi connectivity index (χ0) is 11.3. The summed E-state index contributed by atoms with van der Waals surface area (Å²) in [5.41, 5.74) is 1.03. The smallest absolute Gasteiger partial charge is 0.141 e. The van der Waals surface area contributed by atoms with Gasteiger partial charge in [0.2, 0.25) is 0 Å². The lowest BCUT2D eigenvalue weighted by Gasteiger charge is -2.14. The number of nitrogens with one attached hydrogen (secondary N) is 1. The number of rotatable bonds is 5. The molecule has 0 saturated heterocycles. The molecule has 0 bridgehead atoms. The third kappa shape index (κ3) is 3.80. The van der Waals surface area contributed by atoms with Crippen LogP contribution in [0.25, 0.3) is 0 Å². The number of hydrogen-bond acceptors (Lipinski definition) is 1. The maximum atomic E-state index is 12.9. The summed E-state index contributed by atoms with van der Waals surface area (Å²) >= 11 is 5.72. The Bertz CT molecular complexity index is 314. The van der Waals surface area contributed by atoms with Crippen molar-refractivity contribution in [3.05, 3.63) is 34.6 Å². The van der Waals surface area contributed by atoms with Crippen LogP contribution >= 0.6 is 11.6 Å². The predicted octanol–water partition coefficient (Wildman–Crippen LogP) is 3.93. The molecule has 15 heavy (non-hydrogen) atoms. The first-order valence-corrected chi connectivity index (χ1v) is 5.71. The minimum absolute atomic E-state index is 0.191. The van der Waals surface area contributed by atoms with Gasteiger partial charge in [-0.05, 0) is 37.6 Å². The van der Waals surface area contributed by atoms with Gasteiger partial charge in [0, 0.05) is 6.04 Å². The van der Waals surface area contributed by atoms with Crippen LogP contribution in [0.15, 0.2) is 18.2 Å². The van der Waals surface area contributed by atoms with Crippen LogP contribution in [0, 0.1) is 5.82 Å². The van der Waals surface area contributed by atoms with Crippen LogP contribution in [0.1, 0.15) is 38.3 Å². The van der Waals surface area contributed by atoms with Crippen LogP contribution in [0.4, 0.5) is 4.39 Å². The summed E-state index contributed by atoms with van der Waals surface area (Å²) in [6, 6.07) is 5.08. The van der Waals surface area contributed by atoms with E-state index in [1.807, 2.05) is 0 Å². The zero-order valence-electron chi connectivity index (χ0n) is 9.19. The molecular weight excluding hydrogens is 213 g/mol. The van der Waals surface area contributed by atoms with E-state index in [-0.39, 0.29) is 16.9 Å². The van der Waals surface area contributed by atoms with Crippen molar-refractivity contribution in [2.75, 3.05) is 6.54 Å². The summed E-state index contributed by atoms with van der Waals surface area (Å²) in [7, 11) is 0. The summed E-state index contributed by atoms with van der Waals surface area (Å²) in [6.45, 7) is 5.19. The Hall–Kier alpha value is -0.600. The summed E-state index contributed by atoms with van der Waals surface area (Å²) in [5.74, 6) is -0.360. The van der Waals surface area contributed by atoms with E-state index < -0.39 is 0 Å². The minimum atomic E-state index is -0.360. The summed E-state index contributed by atoms with van der Waals surface area (Å²) < 4.78 is 12.9. The fourth-order valence-corrected chi connectivity index (χ4v) is 1.58. The largest absolute Gasteiger partial charge is 0.310 e. The van der Waals surface area contributed by atoms with Gasteiger partial charge in [0.25, 0.3) is 0 Å². The maximum absolute atomic E-state index is 12.9. The molecule has 0 spiro atoms. The summed E-state index contributed by atoms with van der Waals surface area (Å²) in [5, 5.41) is 3.56. The first kappa shape index (κ1) is 12.5. The minimum Gasteiger partial charge on any atom is -0.310 e. The maximum Gasteiger partial charge on any atom is 0.141 e. The molecule has 3 heteroatoms. The van der Waals surface area contributed by atoms with Gasteiger partial charge in [0.1, 0.15) is 5.82 Å². The van der Waals surface area contributed by atoms with Gasteiger partial charge in [-0.2, -0.15) is 0 Å². The van der Waals surface area contributed by atoms with Crippen molar-refractivity contribution in [3.8, 4) is 0 Å². The first-order chi connectivity index (χ1) is 7.15. The molecule has 0 aromatic heterocycles. The highest BCUT2D eigenvalue weighted by Crippen LogP contribution is 2.20. The Morgan fingerprint density at radius 1 is 1.47 bits per heavy atom. The number of hydrogen-bond donors (Lipinski definition) is 1. The second-order valence-electron chi connectivity index (χ2n) is 3.70. The number of unbranched alkanes of at least 4 members (excludes halogenated alkanes) is 1. The molecule has 0 radical (unpaired) electrons. The molecule has 1 aromatic rings. The van der Waals surface area contributed by atoms with Gasteiger partial charge in [-0.3, -0.25) is 0 Å². The Balaban J connectivity index is 2.57. The van der Waals surface area contributed by atoms with Crippen LogP contribution in [-0.4, -0.2) is 6.54 Å². The third-order valence-corrected chi connectivity index (χ3v) is 2.71. The Morgan fingerprint density at radius 2 is 2.20 bits per heavy atom. The predicted molar refractivity (Wildman–Crippen MR) is 62.7 cm³/mol. The molecule has 0 aliphatic carbocycles. The molecule has 0 fully saturated rings. The van der Waals surface area contributed by atoms with E-state index in [0.717, 1.165) is 18.5 Å². The van der Waals surface area contributed by atoms with Gasteiger partial charge in [0.15, 0.2) is 0 Å². The standard InChI is InChI=1S/C12H17ClFN/c1-3-4-7-15-9(2)10-5-6-12(14)11(13)8-10/h5-6,8-9,15H,3-4,7H2,1-2H3/t9-/m0/s1. The molecule has 0 unspecified atom stereocenters. The van der Waals surface area contributed by atoms with Crippen molar-refractivity contribution in [2.45, 2.75) is 32.7 Å². The van der Waals surface area contributed by atoms with Crippen LogP contribution < -0.4 is 5.32 Å². The van der Waals surface area contributed by atoms with E-state index in [4.69, 9.17) is 11.6 Å². The van der Waals surface area contributed by atoms with Gasteiger partial charge >= 0.3 is 0 Å². The van der Waals surface area contributed by atoms with E-state index in [2.05, 4.69) is 19.2 Å². The highest BCUT2D eigenvalue weighted by Gasteiger charge is 2.06. The Labute approximate surface area is 95.6 Å². The highest BCUT2D eigenvalue weighted by atomic mass is 35.5. The van der Waals surface area contributed by atoms with E-state index in [0.29, 0.717) is 0 Å². The molecule has 84 valence electrons. The van der Waals surface area contributed by atoms with E-state index in [9.17, 15) is 4.39 Å². The van der Waals surface area contributed by atoms with Crippen molar-refractivity contribution in [1.82, 2.24) is 5.32 Å². The van der Waals surface area contributed by atoms with Crippen LogP contribution in [0.5, 0.6) is 0 Å².